The van der Waals surface area contributed by atoms with Crippen molar-refractivity contribution in [3.8, 4) is 11.1 Å². The molecule has 1 aliphatic heterocycles. The van der Waals surface area contributed by atoms with Crippen LogP contribution in [0.1, 0.15) is 16.8 Å². The van der Waals surface area contributed by atoms with E-state index in [1.165, 1.54) is 23.1 Å². The summed E-state index contributed by atoms with van der Waals surface area (Å²) < 4.78 is 80.3. The highest BCUT2D eigenvalue weighted by Gasteiger charge is 2.39. The van der Waals surface area contributed by atoms with E-state index in [0.717, 1.165) is 12.1 Å². The Morgan fingerprint density at radius 1 is 1.11 bits per heavy atom. The van der Waals surface area contributed by atoms with Crippen LogP contribution in [-0.2, 0) is 9.46 Å². The van der Waals surface area contributed by atoms with Crippen molar-refractivity contribution in [1.29, 1.82) is 0 Å². The molecule has 0 saturated heterocycles. The number of carboxylic acid groups (broad SMARTS) is 1. The lowest BCUT2D eigenvalue weighted by Gasteiger charge is -2.28. The van der Waals surface area contributed by atoms with Gasteiger partial charge in [-0.15, -0.1) is 0 Å². The van der Waals surface area contributed by atoms with Crippen LogP contribution in [0.4, 0.5) is 28.9 Å². The maximum absolute atomic E-state index is 13.9. The number of aromatic carboxylic acids is 1. The number of anilines is 2. The summed E-state index contributed by atoms with van der Waals surface area (Å²) in [5, 5.41) is 9.26. The summed E-state index contributed by atoms with van der Waals surface area (Å²) in [6.45, 7) is -0.205. The van der Waals surface area contributed by atoms with E-state index >= 15 is 0 Å². The number of nitrogens with zero attached hydrogens (tertiary/aromatic N) is 1. The Hall–Kier alpha value is -2.68. The standard InChI is InChI=1S/C23H17ClF4NO4PS/c24-18-10-20-21(9-16(18)13-6-7-19(25)17(8-13)22(30)31)35(32,33)34-15(11-23(26,27)28)12-29(20)14-4-2-1-3-5-14/h1-10,15,34H,11-12H2,(H,30,31). The van der Waals surface area contributed by atoms with Crippen molar-refractivity contribution in [3.63, 3.8) is 0 Å². The molecule has 3 aromatic rings. The van der Waals surface area contributed by atoms with Gasteiger partial charge in [-0.2, -0.15) is 13.2 Å². The second-order valence-corrected chi connectivity index (χ2v) is 13.1. The maximum atomic E-state index is 13.9. The highest BCUT2D eigenvalue weighted by Crippen LogP contribution is 2.50. The van der Waals surface area contributed by atoms with Crippen LogP contribution >= 0.6 is 19.4 Å². The monoisotopic (exact) mass is 545 g/mol. The second kappa shape index (κ2) is 9.41. The molecular weight excluding hydrogens is 529 g/mol. The molecule has 0 saturated carbocycles. The van der Waals surface area contributed by atoms with Crippen molar-refractivity contribution in [1.82, 2.24) is 0 Å². The molecule has 0 amide bonds. The summed E-state index contributed by atoms with van der Waals surface area (Å²) in [6.07, 6.45) is -5.83. The van der Waals surface area contributed by atoms with Gasteiger partial charge in [0.1, 0.15) is 5.82 Å². The molecule has 3 aromatic carbocycles. The van der Waals surface area contributed by atoms with Gasteiger partial charge in [0.05, 0.1) is 27.6 Å². The van der Waals surface area contributed by atoms with Crippen LogP contribution < -0.4 is 4.90 Å². The van der Waals surface area contributed by atoms with Gasteiger partial charge in [0.15, 0.2) is 9.46 Å². The molecule has 2 unspecified atom stereocenters. The highest BCUT2D eigenvalue weighted by molar-refractivity contribution is 8.43. The van der Waals surface area contributed by atoms with E-state index < -0.39 is 52.8 Å². The van der Waals surface area contributed by atoms with Gasteiger partial charge in [0.25, 0.3) is 0 Å². The van der Waals surface area contributed by atoms with Crippen LogP contribution in [0.15, 0.2) is 65.6 Å². The number of hydrogen-bond acceptors (Lipinski definition) is 4. The maximum Gasteiger partial charge on any atom is 0.389 e. The van der Waals surface area contributed by atoms with Crippen molar-refractivity contribution in [3.05, 3.63) is 77.1 Å². The minimum atomic E-state index is -4.56. The summed E-state index contributed by atoms with van der Waals surface area (Å²) in [5.74, 6) is -2.50. The average Bonchev–Trinajstić information content (AvgIpc) is 2.86. The zero-order chi connectivity index (χ0) is 25.5. The number of para-hydroxylation sites is 1. The van der Waals surface area contributed by atoms with Crippen molar-refractivity contribution < 1.29 is 35.9 Å². The Morgan fingerprint density at radius 3 is 2.43 bits per heavy atom. The first-order valence-corrected chi connectivity index (χ1v) is 13.8. The Bertz CT molecular complexity index is 1400. The molecule has 0 aliphatic carbocycles. The van der Waals surface area contributed by atoms with E-state index in [-0.39, 0.29) is 33.3 Å². The van der Waals surface area contributed by atoms with Crippen molar-refractivity contribution in [2.45, 2.75) is 23.2 Å². The minimum Gasteiger partial charge on any atom is -0.478 e. The molecular formula is C23H17ClF4NO4PS. The summed E-state index contributed by atoms with van der Waals surface area (Å²) in [4.78, 5) is 12.6. The molecule has 5 nitrogen and oxygen atoms in total. The largest absolute Gasteiger partial charge is 0.478 e. The highest BCUT2D eigenvalue weighted by atomic mass is 35.5. The number of alkyl halides is 3. The van der Waals surface area contributed by atoms with Gasteiger partial charge < -0.3 is 10.0 Å². The number of halogens is 5. The van der Waals surface area contributed by atoms with E-state index in [2.05, 4.69) is 0 Å². The molecule has 2 atom stereocenters. The Balaban J connectivity index is 1.92. The topological polar surface area (TPSA) is 74.7 Å². The fraction of sp³-hybridized carbons (Fsp3) is 0.174. The minimum absolute atomic E-state index is 0.0282. The first-order chi connectivity index (χ1) is 16.4. The second-order valence-electron chi connectivity index (χ2n) is 7.88. The molecule has 0 fully saturated rings. The molecule has 35 heavy (non-hydrogen) atoms. The number of benzene rings is 3. The summed E-state index contributed by atoms with van der Waals surface area (Å²) in [7, 11) is -5.25. The fourth-order valence-electron chi connectivity index (χ4n) is 3.92. The van der Waals surface area contributed by atoms with Gasteiger partial charge >= 0.3 is 12.1 Å². The molecule has 0 aromatic heterocycles. The summed E-state index contributed by atoms with van der Waals surface area (Å²) in [5.41, 5.74) is -0.987. The van der Waals surface area contributed by atoms with E-state index in [9.17, 15) is 35.9 Å². The molecule has 12 heteroatoms. The van der Waals surface area contributed by atoms with E-state index in [1.54, 1.807) is 30.3 Å². The van der Waals surface area contributed by atoms with Gasteiger partial charge in [0.2, 0.25) is 0 Å². The van der Waals surface area contributed by atoms with Crippen LogP contribution in [0.2, 0.25) is 5.02 Å². The van der Waals surface area contributed by atoms with Gasteiger partial charge in [0, 0.05) is 31.2 Å². The molecule has 0 spiro atoms. The Kier molecular flexibility index (Phi) is 6.83. The first kappa shape index (κ1) is 25.4. The van der Waals surface area contributed by atoms with Gasteiger partial charge in [-0.25, -0.2) is 17.6 Å². The quantitative estimate of drug-likeness (QED) is 0.292. The van der Waals surface area contributed by atoms with Gasteiger partial charge in [-0.05, 0) is 42.0 Å². The number of hydrogen-bond donors (Lipinski definition) is 1. The molecule has 1 N–H and O–H groups in total. The third-order valence-corrected chi connectivity index (χ3v) is 10.2. The predicted octanol–water partition coefficient (Wildman–Crippen LogP) is 6.68. The van der Waals surface area contributed by atoms with Crippen molar-refractivity contribution in [2.24, 2.45) is 0 Å². The van der Waals surface area contributed by atoms with Crippen LogP contribution in [-0.4, -0.2) is 37.9 Å². The summed E-state index contributed by atoms with van der Waals surface area (Å²) >= 11 is 6.47. The Labute approximate surface area is 204 Å². The van der Waals surface area contributed by atoms with Crippen molar-refractivity contribution in [2.75, 3.05) is 11.4 Å². The molecule has 184 valence electrons. The van der Waals surface area contributed by atoms with Crippen molar-refractivity contribution >= 4 is 46.2 Å². The first-order valence-electron chi connectivity index (χ1n) is 10.1. The lowest BCUT2D eigenvalue weighted by atomic mass is 10.0. The molecule has 0 bridgehead atoms. The average molecular weight is 546 g/mol. The normalized spacial score (nSPS) is 18.2. The lowest BCUT2D eigenvalue weighted by molar-refractivity contribution is -0.133. The smallest absolute Gasteiger partial charge is 0.389 e. The van der Waals surface area contributed by atoms with Crippen LogP contribution in [0.25, 0.3) is 11.1 Å². The third kappa shape index (κ3) is 5.44. The fourth-order valence-corrected chi connectivity index (χ4v) is 8.71. The summed E-state index contributed by atoms with van der Waals surface area (Å²) in [6, 6.07) is 14.1. The SMILES string of the molecule is O=C(O)c1cc(-c2cc3c(cc2Cl)N(c2ccccc2)CC(CC(F)(F)F)PS3(=O)=O)ccc1F. The zero-order valence-corrected chi connectivity index (χ0v) is 20.3. The van der Waals surface area contributed by atoms with E-state index in [1.807, 2.05) is 0 Å². The lowest BCUT2D eigenvalue weighted by Crippen LogP contribution is -2.29. The van der Waals surface area contributed by atoms with Gasteiger partial charge in [-0.1, -0.05) is 35.9 Å². The van der Waals surface area contributed by atoms with Crippen LogP contribution in [0.3, 0.4) is 0 Å². The Morgan fingerprint density at radius 2 is 1.80 bits per heavy atom. The number of rotatable bonds is 4. The molecule has 4 rings (SSSR count). The number of carboxylic acids is 1. The van der Waals surface area contributed by atoms with E-state index in [0.29, 0.717) is 5.69 Å². The molecule has 1 aliphatic rings. The van der Waals surface area contributed by atoms with Crippen LogP contribution in [0.5, 0.6) is 0 Å². The van der Waals surface area contributed by atoms with Crippen LogP contribution in [0, 0.1) is 5.82 Å². The molecule has 0 radical (unpaired) electrons. The molecule has 1 heterocycles. The predicted molar refractivity (Wildman–Crippen MR) is 127 cm³/mol. The number of fused-ring (bicyclic) bond motifs is 1. The van der Waals surface area contributed by atoms with E-state index in [4.69, 9.17) is 11.6 Å². The number of carbonyl (C=O) groups is 1. The third-order valence-electron chi connectivity index (χ3n) is 5.41. The van der Waals surface area contributed by atoms with Gasteiger partial charge in [-0.3, -0.25) is 0 Å². The zero-order valence-electron chi connectivity index (χ0n) is 17.7.